The summed E-state index contributed by atoms with van der Waals surface area (Å²) in [5, 5.41) is 3.37. The number of hydrogen-bond donors (Lipinski definition) is 1. The van der Waals surface area contributed by atoms with Crippen molar-refractivity contribution >= 4 is 11.4 Å². The van der Waals surface area contributed by atoms with E-state index in [1.54, 1.807) is 0 Å². The topological polar surface area (TPSA) is 33.7 Å². The highest BCUT2D eigenvalue weighted by atomic mass is 16.5. The molecule has 0 saturated carbocycles. The van der Waals surface area contributed by atoms with E-state index in [0.717, 1.165) is 63.0 Å². The lowest BCUT2D eigenvalue weighted by Crippen LogP contribution is -2.37. The molecule has 0 aliphatic carbocycles. The first-order valence-electron chi connectivity index (χ1n) is 8.25. The summed E-state index contributed by atoms with van der Waals surface area (Å²) in [5.74, 6) is 0.922. The van der Waals surface area contributed by atoms with Gasteiger partial charge in [0.2, 0.25) is 0 Å². The Balaban J connectivity index is 1.39. The van der Waals surface area contributed by atoms with Gasteiger partial charge in [0.25, 0.3) is 0 Å². The molecule has 1 N–H and O–H groups in total. The van der Waals surface area contributed by atoms with E-state index in [-0.39, 0.29) is 0 Å². The van der Waals surface area contributed by atoms with Crippen molar-refractivity contribution in [2.45, 2.75) is 6.42 Å². The Kier molecular flexibility index (Phi) is 5.89. The fraction of sp³-hybridized carbons (Fsp3) is 0.368. The molecule has 4 heteroatoms. The van der Waals surface area contributed by atoms with Gasteiger partial charge in [-0.25, -0.2) is 0 Å². The van der Waals surface area contributed by atoms with Crippen LogP contribution in [0.4, 0.5) is 11.4 Å². The number of nitrogens with zero attached hydrogens (tertiary/aromatic N) is 1. The van der Waals surface area contributed by atoms with E-state index >= 15 is 0 Å². The number of para-hydroxylation sites is 1. The second kappa shape index (κ2) is 8.56. The van der Waals surface area contributed by atoms with Crippen LogP contribution in [0.1, 0.15) is 6.42 Å². The van der Waals surface area contributed by atoms with Crippen LogP contribution in [0, 0.1) is 0 Å². The molecule has 3 rings (SSSR count). The number of nitrogens with one attached hydrogen (secondary N) is 1. The molecule has 0 atom stereocenters. The summed E-state index contributed by atoms with van der Waals surface area (Å²) >= 11 is 0. The Morgan fingerprint density at radius 2 is 1.61 bits per heavy atom. The maximum absolute atomic E-state index is 5.82. The van der Waals surface area contributed by atoms with Crippen molar-refractivity contribution in [3.05, 3.63) is 54.6 Å². The molecular weight excluding hydrogens is 288 g/mol. The normalized spacial score (nSPS) is 15.3. The van der Waals surface area contributed by atoms with Gasteiger partial charge in [-0.3, -0.25) is 4.90 Å². The fourth-order valence-corrected chi connectivity index (χ4v) is 2.63. The molecule has 0 spiro atoms. The van der Waals surface area contributed by atoms with Crippen LogP contribution in [0.3, 0.4) is 0 Å². The van der Waals surface area contributed by atoms with E-state index in [9.17, 15) is 0 Å². The van der Waals surface area contributed by atoms with Gasteiger partial charge in [-0.1, -0.05) is 18.2 Å². The lowest BCUT2D eigenvalue weighted by molar-refractivity contribution is 0.0358. The fourth-order valence-electron chi connectivity index (χ4n) is 2.63. The van der Waals surface area contributed by atoms with Crippen LogP contribution >= 0.6 is 0 Å². The third-order valence-corrected chi connectivity index (χ3v) is 3.91. The van der Waals surface area contributed by atoms with E-state index in [2.05, 4.69) is 22.3 Å². The number of ether oxygens (including phenoxy) is 2. The average molecular weight is 312 g/mol. The van der Waals surface area contributed by atoms with Crippen LogP contribution in [0.2, 0.25) is 0 Å². The molecule has 2 aromatic rings. The Hall–Kier alpha value is -2.04. The van der Waals surface area contributed by atoms with Crippen LogP contribution in [0.25, 0.3) is 0 Å². The maximum Gasteiger partial charge on any atom is 0.119 e. The van der Waals surface area contributed by atoms with Gasteiger partial charge in [-0.05, 0) is 42.8 Å². The molecule has 0 bridgehead atoms. The lowest BCUT2D eigenvalue weighted by atomic mass is 10.2. The minimum atomic E-state index is 0.753. The molecule has 4 nitrogen and oxygen atoms in total. The Bertz CT molecular complexity index is 566. The third kappa shape index (κ3) is 5.27. The van der Waals surface area contributed by atoms with Gasteiger partial charge in [0.1, 0.15) is 5.75 Å². The van der Waals surface area contributed by atoms with Crippen LogP contribution < -0.4 is 10.1 Å². The third-order valence-electron chi connectivity index (χ3n) is 3.91. The molecule has 2 aromatic carbocycles. The van der Waals surface area contributed by atoms with Crippen molar-refractivity contribution in [3.63, 3.8) is 0 Å². The molecule has 1 saturated heterocycles. The molecule has 1 aliphatic rings. The summed E-state index contributed by atoms with van der Waals surface area (Å²) in [4.78, 5) is 2.43. The van der Waals surface area contributed by atoms with E-state index in [0.29, 0.717) is 0 Å². The molecule has 23 heavy (non-hydrogen) atoms. The van der Waals surface area contributed by atoms with E-state index in [4.69, 9.17) is 9.47 Å². The Morgan fingerprint density at radius 1 is 0.913 bits per heavy atom. The highest BCUT2D eigenvalue weighted by Crippen LogP contribution is 2.19. The Morgan fingerprint density at radius 3 is 2.35 bits per heavy atom. The zero-order valence-corrected chi connectivity index (χ0v) is 13.4. The molecule has 0 radical (unpaired) electrons. The molecule has 0 aromatic heterocycles. The van der Waals surface area contributed by atoms with Crippen molar-refractivity contribution in [2.75, 3.05) is 44.8 Å². The predicted octanol–water partition coefficient (Wildman–Crippen LogP) is 3.53. The molecule has 122 valence electrons. The van der Waals surface area contributed by atoms with Crippen LogP contribution in [0.5, 0.6) is 5.75 Å². The first-order chi connectivity index (χ1) is 11.4. The number of anilines is 2. The van der Waals surface area contributed by atoms with Gasteiger partial charge in [0.15, 0.2) is 0 Å². The van der Waals surface area contributed by atoms with Crippen molar-refractivity contribution < 1.29 is 9.47 Å². The quantitative estimate of drug-likeness (QED) is 0.793. The lowest BCUT2D eigenvalue weighted by Gasteiger charge is -2.26. The second-order valence-corrected chi connectivity index (χ2v) is 5.67. The molecule has 1 aliphatic heterocycles. The van der Waals surface area contributed by atoms with Crippen LogP contribution in [0.15, 0.2) is 54.6 Å². The summed E-state index contributed by atoms with van der Waals surface area (Å²) in [7, 11) is 0. The number of morpholine rings is 1. The van der Waals surface area contributed by atoms with Crippen molar-refractivity contribution in [1.29, 1.82) is 0 Å². The van der Waals surface area contributed by atoms with Crippen molar-refractivity contribution in [2.24, 2.45) is 0 Å². The largest absolute Gasteiger partial charge is 0.494 e. The van der Waals surface area contributed by atoms with Gasteiger partial charge in [-0.15, -0.1) is 0 Å². The summed E-state index contributed by atoms with van der Waals surface area (Å²) in [6, 6.07) is 18.3. The maximum atomic E-state index is 5.82. The SMILES string of the molecule is c1ccc(Nc2ccc(OCCCN3CCOCC3)cc2)cc1. The molecule has 0 unspecified atom stereocenters. The van der Waals surface area contributed by atoms with E-state index in [1.807, 2.05) is 42.5 Å². The molecule has 0 amide bonds. The molecule has 1 fully saturated rings. The summed E-state index contributed by atoms with van der Waals surface area (Å²) < 4.78 is 11.2. The molecule has 1 heterocycles. The Labute approximate surface area is 138 Å². The first kappa shape index (κ1) is 15.8. The zero-order chi connectivity index (χ0) is 15.7. The van der Waals surface area contributed by atoms with Gasteiger partial charge >= 0.3 is 0 Å². The van der Waals surface area contributed by atoms with Crippen LogP contribution in [-0.4, -0.2) is 44.4 Å². The second-order valence-electron chi connectivity index (χ2n) is 5.67. The summed E-state index contributed by atoms with van der Waals surface area (Å²) in [5.41, 5.74) is 2.16. The van der Waals surface area contributed by atoms with Gasteiger partial charge in [0.05, 0.1) is 19.8 Å². The predicted molar refractivity (Wildman–Crippen MR) is 93.5 cm³/mol. The highest BCUT2D eigenvalue weighted by molar-refractivity contribution is 5.59. The van der Waals surface area contributed by atoms with E-state index < -0.39 is 0 Å². The van der Waals surface area contributed by atoms with Crippen molar-refractivity contribution in [1.82, 2.24) is 4.90 Å². The van der Waals surface area contributed by atoms with E-state index in [1.165, 1.54) is 0 Å². The zero-order valence-electron chi connectivity index (χ0n) is 13.4. The van der Waals surface area contributed by atoms with Crippen LogP contribution in [-0.2, 0) is 4.74 Å². The highest BCUT2D eigenvalue weighted by Gasteiger charge is 2.09. The minimum absolute atomic E-state index is 0.753. The first-order valence-corrected chi connectivity index (χ1v) is 8.25. The number of rotatable bonds is 7. The average Bonchev–Trinajstić information content (AvgIpc) is 2.62. The van der Waals surface area contributed by atoms with Gasteiger partial charge < -0.3 is 14.8 Å². The summed E-state index contributed by atoms with van der Waals surface area (Å²) in [6.45, 7) is 5.63. The standard InChI is InChI=1S/C19H24N2O2/c1-2-5-17(6-3-1)20-18-7-9-19(10-8-18)23-14-4-11-21-12-15-22-16-13-21/h1-3,5-10,20H,4,11-16H2. The number of benzene rings is 2. The summed E-state index contributed by atoms with van der Waals surface area (Å²) in [6.07, 6.45) is 1.05. The smallest absolute Gasteiger partial charge is 0.119 e. The van der Waals surface area contributed by atoms with Crippen molar-refractivity contribution in [3.8, 4) is 5.75 Å². The van der Waals surface area contributed by atoms with Gasteiger partial charge in [0, 0.05) is 31.0 Å². The number of hydrogen-bond acceptors (Lipinski definition) is 4. The van der Waals surface area contributed by atoms with Gasteiger partial charge in [-0.2, -0.15) is 0 Å². The monoisotopic (exact) mass is 312 g/mol. The molecular formula is C19H24N2O2. The minimum Gasteiger partial charge on any atom is -0.494 e.